The Balaban J connectivity index is 1.75. The van der Waals surface area contributed by atoms with Crippen LogP contribution in [0.4, 0.5) is 5.82 Å². The van der Waals surface area contributed by atoms with E-state index >= 15 is 0 Å². The molecule has 0 aromatic carbocycles. The second kappa shape index (κ2) is 6.57. The third-order valence-corrected chi connectivity index (χ3v) is 3.79. The summed E-state index contributed by atoms with van der Waals surface area (Å²) in [4.78, 5) is 8.33. The van der Waals surface area contributed by atoms with E-state index in [9.17, 15) is 0 Å². The van der Waals surface area contributed by atoms with E-state index in [0.717, 1.165) is 23.8 Å². The van der Waals surface area contributed by atoms with Gasteiger partial charge < -0.3 is 10.1 Å². The highest BCUT2D eigenvalue weighted by molar-refractivity contribution is 5.47. The molecule has 0 radical (unpaired) electrons. The van der Waals surface area contributed by atoms with Gasteiger partial charge in [0, 0.05) is 6.54 Å². The van der Waals surface area contributed by atoms with E-state index in [1.165, 1.54) is 38.5 Å². The zero-order chi connectivity index (χ0) is 12.8. The second-order valence-corrected chi connectivity index (χ2v) is 5.08. The lowest BCUT2D eigenvalue weighted by atomic mass is 10.0. The van der Waals surface area contributed by atoms with Crippen molar-refractivity contribution in [1.29, 1.82) is 0 Å². The molecule has 1 aromatic heterocycles. The van der Waals surface area contributed by atoms with Gasteiger partial charge in [0.25, 0.3) is 0 Å². The van der Waals surface area contributed by atoms with Crippen LogP contribution in [0.1, 0.15) is 44.1 Å². The topological polar surface area (TPSA) is 47.0 Å². The van der Waals surface area contributed by atoms with E-state index in [-0.39, 0.29) is 0 Å². The van der Waals surface area contributed by atoms with Crippen molar-refractivity contribution in [2.24, 2.45) is 5.92 Å². The lowest BCUT2D eigenvalue weighted by molar-refractivity contribution is 0.393. The molecule has 1 aliphatic carbocycles. The van der Waals surface area contributed by atoms with Gasteiger partial charge in [-0.25, -0.2) is 9.97 Å². The molecule has 1 saturated carbocycles. The Labute approximate surface area is 109 Å². The first-order valence-electron chi connectivity index (χ1n) is 6.90. The van der Waals surface area contributed by atoms with Gasteiger partial charge in [-0.15, -0.1) is 0 Å². The number of hydrogen-bond donors (Lipinski definition) is 1. The van der Waals surface area contributed by atoms with Crippen molar-refractivity contribution in [3.63, 3.8) is 0 Å². The van der Waals surface area contributed by atoms with Gasteiger partial charge in [-0.05, 0) is 25.7 Å². The molecule has 2 rings (SSSR count). The van der Waals surface area contributed by atoms with Crippen molar-refractivity contribution in [3.8, 4) is 5.88 Å². The molecule has 0 spiro atoms. The normalized spacial score (nSPS) is 15.9. The number of anilines is 1. The van der Waals surface area contributed by atoms with Gasteiger partial charge in [-0.1, -0.05) is 25.7 Å². The summed E-state index contributed by atoms with van der Waals surface area (Å²) >= 11 is 0. The molecule has 1 aliphatic rings. The lowest BCUT2D eigenvalue weighted by Crippen LogP contribution is -2.08. The van der Waals surface area contributed by atoms with E-state index in [2.05, 4.69) is 15.3 Å². The van der Waals surface area contributed by atoms with Gasteiger partial charge in [-0.2, -0.15) is 0 Å². The lowest BCUT2D eigenvalue weighted by Gasteiger charge is -2.12. The number of methoxy groups -OCH3 is 1. The molecule has 0 aliphatic heterocycles. The molecule has 0 bridgehead atoms. The van der Waals surface area contributed by atoms with Crippen LogP contribution >= 0.6 is 0 Å². The molecule has 0 saturated heterocycles. The molecule has 4 nitrogen and oxygen atoms in total. The molecular formula is C14H23N3O. The number of ether oxygens (including phenoxy) is 1. The standard InChI is InChI=1S/C14H23N3O/c1-11-13(16-10-17-14(11)18-2)15-9-5-8-12-6-3-4-7-12/h10,12H,3-9H2,1-2H3,(H,15,16,17). The van der Waals surface area contributed by atoms with Crippen LogP contribution in [0.2, 0.25) is 0 Å². The van der Waals surface area contributed by atoms with Gasteiger partial charge in [0.15, 0.2) is 0 Å². The molecule has 1 fully saturated rings. The summed E-state index contributed by atoms with van der Waals surface area (Å²) < 4.78 is 5.18. The maximum absolute atomic E-state index is 5.18. The fourth-order valence-corrected chi connectivity index (χ4v) is 2.71. The molecule has 100 valence electrons. The summed E-state index contributed by atoms with van der Waals surface area (Å²) in [6.45, 7) is 2.97. The third kappa shape index (κ3) is 3.34. The van der Waals surface area contributed by atoms with E-state index in [4.69, 9.17) is 4.74 Å². The van der Waals surface area contributed by atoms with Gasteiger partial charge >= 0.3 is 0 Å². The van der Waals surface area contributed by atoms with Gasteiger partial charge in [-0.3, -0.25) is 0 Å². The van der Waals surface area contributed by atoms with Crippen molar-refractivity contribution in [1.82, 2.24) is 9.97 Å². The first kappa shape index (κ1) is 13.1. The van der Waals surface area contributed by atoms with Gasteiger partial charge in [0.05, 0.1) is 12.7 Å². The van der Waals surface area contributed by atoms with Crippen molar-refractivity contribution >= 4 is 5.82 Å². The van der Waals surface area contributed by atoms with Crippen LogP contribution in [-0.4, -0.2) is 23.6 Å². The second-order valence-electron chi connectivity index (χ2n) is 5.08. The molecule has 4 heteroatoms. The van der Waals surface area contributed by atoms with Crippen LogP contribution in [0.5, 0.6) is 5.88 Å². The Morgan fingerprint density at radius 3 is 2.83 bits per heavy atom. The van der Waals surface area contributed by atoms with Crippen LogP contribution < -0.4 is 10.1 Å². The SMILES string of the molecule is COc1ncnc(NCCCC2CCCC2)c1C. The molecule has 1 aromatic rings. The third-order valence-electron chi connectivity index (χ3n) is 3.79. The maximum Gasteiger partial charge on any atom is 0.221 e. The summed E-state index contributed by atoms with van der Waals surface area (Å²) in [6.07, 6.45) is 9.83. The summed E-state index contributed by atoms with van der Waals surface area (Å²) in [5.74, 6) is 2.52. The minimum absolute atomic E-state index is 0.656. The number of hydrogen-bond acceptors (Lipinski definition) is 4. The van der Waals surface area contributed by atoms with E-state index in [1.807, 2.05) is 6.92 Å². The van der Waals surface area contributed by atoms with Crippen LogP contribution in [0, 0.1) is 12.8 Å². The molecule has 0 unspecified atom stereocenters. The summed E-state index contributed by atoms with van der Waals surface area (Å²) in [7, 11) is 1.64. The molecule has 1 heterocycles. The van der Waals surface area contributed by atoms with Crippen molar-refractivity contribution in [3.05, 3.63) is 11.9 Å². The fraction of sp³-hybridized carbons (Fsp3) is 0.714. The van der Waals surface area contributed by atoms with Crippen molar-refractivity contribution in [2.75, 3.05) is 19.0 Å². The van der Waals surface area contributed by atoms with Crippen molar-refractivity contribution < 1.29 is 4.74 Å². The number of aromatic nitrogens is 2. The first-order chi connectivity index (χ1) is 8.81. The Kier molecular flexibility index (Phi) is 4.79. The molecule has 18 heavy (non-hydrogen) atoms. The average molecular weight is 249 g/mol. The van der Waals surface area contributed by atoms with Crippen LogP contribution in [0.15, 0.2) is 6.33 Å². The Bertz CT molecular complexity index is 375. The molecule has 1 N–H and O–H groups in total. The van der Waals surface area contributed by atoms with Crippen LogP contribution in [0.3, 0.4) is 0 Å². The van der Waals surface area contributed by atoms with E-state index in [0.29, 0.717) is 5.88 Å². The molecule has 0 atom stereocenters. The number of nitrogens with one attached hydrogen (secondary N) is 1. The Morgan fingerprint density at radius 1 is 1.33 bits per heavy atom. The predicted octanol–water partition coefficient (Wildman–Crippen LogP) is 3.18. The quantitative estimate of drug-likeness (QED) is 0.787. The summed E-state index contributed by atoms with van der Waals surface area (Å²) in [5.41, 5.74) is 0.987. The molecular weight excluding hydrogens is 226 g/mol. The largest absolute Gasteiger partial charge is 0.481 e. The van der Waals surface area contributed by atoms with Crippen molar-refractivity contribution in [2.45, 2.75) is 45.4 Å². The van der Waals surface area contributed by atoms with Crippen LogP contribution in [-0.2, 0) is 0 Å². The average Bonchev–Trinajstić information content (AvgIpc) is 2.89. The monoisotopic (exact) mass is 249 g/mol. The highest BCUT2D eigenvalue weighted by Gasteiger charge is 2.14. The van der Waals surface area contributed by atoms with Gasteiger partial charge in [0.1, 0.15) is 12.1 Å². The zero-order valence-electron chi connectivity index (χ0n) is 11.4. The minimum atomic E-state index is 0.656. The highest BCUT2D eigenvalue weighted by Crippen LogP contribution is 2.28. The highest BCUT2D eigenvalue weighted by atomic mass is 16.5. The van der Waals surface area contributed by atoms with Crippen LogP contribution in [0.25, 0.3) is 0 Å². The number of rotatable bonds is 6. The number of nitrogens with zero attached hydrogens (tertiary/aromatic N) is 2. The fourth-order valence-electron chi connectivity index (χ4n) is 2.71. The smallest absolute Gasteiger partial charge is 0.221 e. The maximum atomic E-state index is 5.18. The van der Waals surface area contributed by atoms with E-state index < -0.39 is 0 Å². The Hall–Kier alpha value is -1.32. The minimum Gasteiger partial charge on any atom is -0.481 e. The molecule has 0 amide bonds. The Morgan fingerprint density at radius 2 is 2.11 bits per heavy atom. The summed E-state index contributed by atoms with van der Waals surface area (Å²) in [6, 6.07) is 0. The first-order valence-corrected chi connectivity index (χ1v) is 6.90. The van der Waals surface area contributed by atoms with Gasteiger partial charge in [0.2, 0.25) is 5.88 Å². The summed E-state index contributed by atoms with van der Waals surface area (Å²) in [5, 5.41) is 3.38. The predicted molar refractivity (Wildman–Crippen MR) is 73.0 cm³/mol. The zero-order valence-corrected chi connectivity index (χ0v) is 11.4. The van der Waals surface area contributed by atoms with E-state index in [1.54, 1.807) is 13.4 Å².